The zero-order valence-electron chi connectivity index (χ0n) is 7.63. The summed E-state index contributed by atoms with van der Waals surface area (Å²) in [4.78, 5) is 0. The molecule has 2 radical (unpaired) electrons. The fourth-order valence-corrected chi connectivity index (χ4v) is 1.55. The number of rotatable bonds is 1. The maximum Gasteiger partial charge on any atom is 0.113 e. The van der Waals surface area contributed by atoms with Crippen LogP contribution in [0.3, 0.4) is 0 Å². The van der Waals surface area contributed by atoms with Crippen molar-refractivity contribution >= 4 is 29.2 Å². The predicted molar refractivity (Wildman–Crippen MR) is 58.2 cm³/mol. The van der Waals surface area contributed by atoms with Crippen LogP contribution in [0, 0.1) is 11.3 Å². The summed E-state index contributed by atoms with van der Waals surface area (Å²) < 4.78 is 0.908. The molecule has 0 aliphatic heterocycles. The van der Waals surface area contributed by atoms with Crippen molar-refractivity contribution in [2.24, 2.45) is 0 Å². The minimum Gasteiger partial charge on any atom is -0.197 e. The number of benzene rings is 1. The Morgan fingerprint density at radius 2 is 2.00 bits per heavy atom. The van der Waals surface area contributed by atoms with E-state index in [1.807, 2.05) is 32.0 Å². The van der Waals surface area contributed by atoms with Gasteiger partial charge in [-0.2, -0.15) is 5.26 Å². The van der Waals surface area contributed by atoms with E-state index >= 15 is 0 Å². The van der Waals surface area contributed by atoms with E-state index in [-0.39, 0.29) is 0 Å². The fraction of sp³-hybridized carbons (Fsp3) is 0.300. The second kappa shape index (κ2) is 3.55. The normalized spacial score (nSPS) is 10.9. The number of hydrogen-bond acceptors (Lipinski definition) is 1. The molecule has 0 fully saturated rings. The zero-order chi connectivity index (χ0) is 10.1. The third-order valence-corrected chi connectivity index (χ3v) is 2.38. The molecule has 0 N–H and O–H groups in total. The van der Waals surface area contributed by atoms with Gasteiger partial charge in [0.2, 0.25) is 0 Å². The summed E-state index contributed by atoms with van der Waals surface area (Å²) in [5, 5.41) is 8.92. The van der Waals surface area contributed by atoms with Crippen molar-refractivity contribution in [2.75, 3.05) is 0 Å². The van der Waals surface area contributed by atoms with Gasteiger partial charge in [0.25, 0.3) is 0 Å². The lowest BCUT2D eigenvalue weighted by Crippen LogP contribution is -2.17. The van der Waals surface area contributed by atoms with Crippen molar-refractivity contribution in [2.45, 2.75) is 19.3 Å². The molecule has 0 saturated heterocycles. The van der Waals surface area contributed by atoms with Gasteiger partial charge in [0.1, 0.15) is 7.85 Å². The Morgan fingerprint density at radius 1 is 1.38 bits per heavy atom. The second-order valence-corrected chi connectivity index (χ2v) is 4.43. The number of nitrogens with zero attached hydrogens (tertiary/aromatic N) is 1. The Balaban J connectivity index is 3.25. The molecule has 0 atom stereocenters. The van der Waals surface area contributed by atoms with Crippen molar-refractivity contribution in [3.63, 3.8) is 0 Å². The van der Waals surface area contributed by atoms with Crippen LogP contribution < -0.4 is 5.46 Å². The minimum atomic E-state index is -0.488. The highest BCUT2D eigenvalue weighted by atomic mass is 79.9. The van der Waals surface area contributed by atoms with E-state index < -0.39 is 5.41 Å². The van der Waals surface area contributed by atoms with Crippen LogP contribution in [0.5, 0.6) is 0 Å². The van der Waals surface area contributed by atoms with Gasteiger partial charge in [-0.25, -0.2) is 0 Å². The van der Waals surface area contributed by atoms with Crippen LogP contribution in [0.15, 0.2) is 22.7 Å². The Bertz CT molecular complexity index is 345. The van der Waals surface area contributed by atoms with Crippen LogP contribution in [-0.4, -0.2) is 7.85 Å². The summed E-state index contributed by atoms with van der Waals surface area (Å²) in [6.45, 7) is 3.74. The molecule has 1 aromatic rings. The van der Waals surface area contributed by atoms with E-state index in [0.717, 1.165) is 10.0 Å². The molecule has 0 aliphatic rings. The largest absolute Gasteiger partial charge is 0.197 e. The Kier molecular flexibility index (Phi) is 2.82. The summed E-state index contributed by atoms with van der Waals surface area (Å²) in [6, 6.07) is 7.80. The lowest BCUT2D eigenvalue weighted by atomic mass is 9.83. The van der Waals surface area contributed by atoms with Gasteiger partial charge < -0.3 is 0 Å². The van der Waals surface area contributed by atoms with Crippen LogP contribution in [0.25, 0.3) is 0 Å². The smallest absolute Gasteiger partial charge is 0.113 e. The molecule has 0 aliphatic carbocycles. The molecule has 1 aromatic carbocycles. The van der Waals surface area contributed by atoms with Crippen LogP contribution in [0.4, 0.5) is 0 Å². The van der Waals surface area contributed by atoms with Gasteiger partial charge in [0, 0.05) is 4.47 Å². The van der Waals surface area contributed by atoms with Gasteiger partial charge in [-0.15, -0.1) is 0 Å². The van der Waals surface area contributed by atoms with Crippen molar-refractivity contribution in [1.29, 1.82) is 5.26 Å². The average Bonchev–Trinajstić information content (AvgIpc) is 2.02. The van der Waals surface area contributed by atoms with E-state index in [0.29, 0.717) is 5.46 Å². The third-order valence-electron chi connectivity index (χ3n) is 1.92. The topological polar surface area (TPSA) is 23.8 Å². The molecule has 0 amide bonds. The monoisotopic (exact) mass is 233 g/mol. The first-order valence-corrected chi connectivity index (χ1v) is 4.73. The van der Waals surface area contributed by atoms with Crippen molar-refractivity contribution in [3.8, 4) is 6.07 Å². The van der Waals surface area contributed by atoms with Crippen LogP contribution in [-0.2, 0) is 5.41 Å². The fourth-order valence-electron chi connectivity index (χ4n) is 1.04. The SMILES string of the molecule is [B]c1cc(Br)cc(C(C)(C)C#N)c1. The van der Waals surface area contributed by atoms with Crippen molar-refractivity contribution in [1.82, 2.24) is 0 Å². The summed E-state index contributed by atoms with van der Waals surface area (Å²) in [7, 11) is 5.67. The Labute approximate surface area is 88.3 Å². The van der Waals surface area contributed by atoms with E-state index in [4.69, 9.17) is 13.1 Å². The standard InChI is InChI=1S/C10H9BBrN/c1-10(2,6-13)7-3-8(11)5-9(12)4-7/h3-5H,1-2H3. The molecule has 0 bridgehead atoms. The first-order chi connectivity index (χ1) is 5.95. The molecular weight excluding hydrogens is 225 g/mol. The number of hydrogen-bond donors (Lipinski definition) is 0. The van der Waals surface area contributed by atoms with Crippen molar-refractivity contribution < 1.29 is 0 Å². The molecule has 64 valence electrons. The quantitative estimate of drug-likeness (QED) is 0.682. The molecule has 1 nitrogen and oxygen atoms in total. The minimum absolute atomic E-state index is 0.488. The van der Waals surface area contributed by atoms with Crippen LogP contribution in [0.2, 0.25) is 0 Å². The molecule has 0 unspecified atom stereocenters. The highest BCUT2D eigenvalue weighted by molar-refractivity contribution is 9.10. The van der Waals surface area contributed by atoms with E-state index in [9.17, 15) is 0 Å². The van der Waals surface area contributed by atoms with Gasteiger partial charge in [-0.3, -0.25) is 0 Å². The van der Waals surface area contributed by atoms with Gasteiger partial charge in [0.15, 0.2) is 0 Å². The van der Waals surface area contributed by atoms with Gasteiger partial charge in [-0.05, 0) is 25.5 Å². The second-order valence-electron chi connectivity index (χ2n) is 3.51. The molecule has 1 rings (SSSR count). The lowest BCUT2D eigenvalue weighted by Gasteiger charge is -2.16. The van der Waals surface area contributed by atoms with E-state index in [2.05, 4.69) is 22.0 Å². The van der Waals surface area contributed by atoms with E-state index in [1.165, 1.54) is 0 Å². The van der Waals surface area contributed by atoms with Crippen molar-refractivity contribution in [3.05, 3.63) is 28.2 Å². The van der Waals surface area contributed by atoms with Crippen LogP contribution >= 0.6 is 15.9 Å². The zero-order valence-corrected chi connectivity index (χ0v) is 9.22. The summed E-state index contributed by atoms with van der Waals surface area (Å²) in [6.07, 6.45) is 0. The predicted octanol–water partition coefficient (Wildman–Crippen LogP) is 2.04. The van der Waals surface area contributed by atoms with E-state index in [1.54, 1.807) is 0 Å². The molecule has 0 saturated carbocycles. The first kappa shape index (κ1) is 10.3. The maximum atomic E-state index is 8.92. The average molecular weight is 234 g/mol. The Hall–Kier alpha value is -0.745. The Morgan fingerprint density at radius 3 is 2.46 bits per heavy atom. The number of nitriles is 1. The molecule has 0 heterocycles. The first-order valence-electron chi connectivity index (χ1n) is 3.93. The molecule has 3 heteroatoms. The third kappa shape index (κ3) is 2.35. The van der Waals surface area contributed by atoms with Gasteiger partial charge in [-0.1, -0.05) is 33.5 Å². The van der Waals surface area contributed by atoms with Crippen LogP contribution in [0.1, 0.15) is 19.4 Å². The summed E-state index contributed by atoms with van der Waals surface area (Å²) >= 11 is 3.35. The highest BCUT2D eigenvalue weighted by Crippen LogP contribution is 2.23. The van der Waals surface area contributed by atoms with Gasteiger partial charge >= 0.3 is 0 Å². The number of halogens is 1. The summed E-state index contributed by atoms with van der Waals surface area (Å²) in [5.41, 5.74) is 1.12. The molecule has 13 heavy (non-hydrogen) atoms. The maximum absolute atomic E-state index is 8.92. The highest BCUT2D eigenvalue weighted by Gasteiger charge is 2.19. The molecular formula is C10H9BBrN. The lowest BCUT2D eigenvalue weighted by molar-refractivity contribution is 0.687. The molecule has 0 spiro atoms. The summed E-state index contributed by atoms with van der Waals surface area (Å²) in [5.74, 6) is 0. The van der Waals surface area contributed by atoms with Gasteiger partial charge in [0.05, 0.1) is 11.5 Å². The molecule has 0 aromatic heterocycles.